The van der Waals surface area contributed by atoms with Crippen LogP contribution >= 0.6 is 0 Å². The summed E-state index contributed by atoms with van der Waals surface area (Å²) in [6.45, 7) is 4.78. The summed E-state index contributed by atoms with van der Waals surface area (Å²) in [5.74, 6) is -4.50. The van der Waals surface area contributed by atoms with E-state index in [9.17, 15) is 19.2 Å². The number of nitrogens with zero attached hydrogens (tertiary/aromatic N) is 7. The van der Waals surface area contributed by atoms with Gasteiger partial charge in [0.2, 0.25) is 17.7 Å². The van der Waals surface area contributed by atoms with Crippen LogP contribution in [0.25, 0.3) is 27.6 Å². The molecular weight excluding hydrogens is 843 g/mol. The smallest absolute Gasteiger partial charge is 0.269 e. The zero-order valence-electron chi connectivity index (χ0n) is 36.4. The number of benzene rings is 3. The molecule has 13 nitrogen and oxygen atoms in total. The van der Waals surface area contributed by atoms with E-state index in [0.717, 1.165) is 37.7 Å². The lowest BCUT2D eigenvalue weighted by Gasteiger charge is -2.44. The Labute approximate surface area is 373 Å². The van der Waals surface area contributed by atoms with Crippen molar-refractivity contribution in [3.05, 3.63) is 107 Å². The molecule has 65 heavy (non-hydrogen) atoms. The third kappa shape index (κ3) is 8.85. The number of carbonyl (C=O) groups is 4. The second kappa shape index (κ2) is 18.2. The first-order valence-corrected chi connectivity index (χ1v) is 22.2. The number of aromatic nitrogens is 3. The zero-order chi connectivity index (χ0) is 45.5. The topological polar surface area (TPSA) is 130 Å². The number of anilines is 2. The molecule has 1 unspecified atom stereocenters. The van der Waals surface area contributed by atoms with Crippen molar-refractivity contribution in [3.8, 4) is 11.1 Å². The summed E-state index contributed by atoms with van der Waals surface area (Å²) >= 11 is 0. The van der Waals surface area contributed by atoms with Gasteiger partial charge in [0.1, 0.15) is 23.1 Å². The van der Waals surface area contributed by atoms with Gasteiger partial charge in [0.05, 0.1) is 17.1 Å². The van der Waals surface area contributed by atoms with E-state index in [1.807, 2.05) is 17.0 Å². The Morgan fingerprint density at radius 1 is 0.831 bits per heavy atom. The highest BCUT2D eigenvalue weighted by molar-refractivity contribution is 6.05. The Morgan fingerprint density at radius 2 is 1.62 bits per heavy atom. The third-order valence-electron chi connectivity index (χ3n) is 13.4. The second-order valence-corrected chi connectivity index (χ2v) is 17.5. The molecule has 4 amide bonds. The highest BCUT2D eigenvalue weighted by atomic mass is 19.1. The first-order valence-electron chi connectivity index (χ1n) is 22.2. The molecule has 0 aliphatic carbocycles. The lowest BCUT2D eigenvalue weighted by atomic mass is 9.90. The Hall–Kier alpha value is -6.49. The van der Waals surface area contributed by atoms with E-state index < -0.39 is 41.0 Å². The SMILES string of the molecule is CN(C)C(=O)c1cc2c(-c3cc(F)c(N4CCC(N5CCN(c6ccc(C7CCC(=O)NC7=O)c(F)c6)CC5)CC4)cc3F)cc(C3=CCCN(C(=O)CCn4cccn4)C3)c(F)c2[nH]1. The maximum absolute atomic E-state index is 16.6. The van der Waals surface area contributed by atoms with E-state index in [-0.39, 0.29) is 88.2 Å². The fraction of sp³-hybridized carbons (Fsp3) is 0.396. The molecule has 0 bridgehead atoms. The average molecular weight is 894 g/mol. The number of fused-ring (bicyclic) bond motifs is 1. The summed E-state index contributed by atoms with van der Waals surface area (Å²) in [6.07, 6.45) is 7.86. The number of rotatable bonds is 10. The number of halogens is 4. The lowest BCUT2D eigenvalue weighted by Crippen LogP contribution is -2.53. The Bertz CT molecular complexity index is 2680. The zero-order valence-corrected chi connectivity index (χ0v) is 36.4. The van der Waals surface area contributed by atoms with Crippen LogP contribution in [0.1, 0.15) is 66.1 Å². The van der Waals surface area contributed by atoms with Crippen LogP contribution in [0.5, 0.6) is 0 Å². The molecule has 5 aromatic rings. The Morgan fingerprint density at radius 3 is 2.32 bits per heavy atom. The van der Waals surface area contributed by atoms with Crippen LogP contribution in [-0.4, -0.2) is 126 Å². The molecular formula is C48H51F4N9O4. The highest BCUT2D eigenvalue weighted by Gasteiger charge is 2.33. The molecule has 3 fully saturated rings. The lowest BCUT2D eigenvalue weighted by molar-refractivity contribution is -0.134. The Balaban J connectivity index is 0.890. The minimum atomic E-state index is -0.699. The number of imide groups is 1. The highest BCUT2D eigenvalue weighted by Crippen LogP contribution is 2.40. The summed E-state index contributed by atoms with van der Waals surface area (Å²) in [5, 5.41) is 6.68. The fourth-order valence-corrected chi connectivity index (χ4v) is 9.81. The molecule has 3 saturated heterocycles. The minimum Gasteiger partial charge on any atom is -0.369 e. The van der Waals surface area contributed by atoms with Gasteiger partial charge in [-0.3, -0.25) is 34.1 Å². The molecule has 3 aromatic carbocycles. The van der Waals surface area contributed by atoms with Gasteiger partial charge in [0.15, 0.2) is 5.82 Å². The van der Waals surface area contributed by atoms with Gasteiger partial charge in [-0.05, 0) is 73.2 Å². The summed E-state index contributed by atoms with van der Waals surface area (Å²) in [4.78, 5) is 62.5. The molecule has 4 aliphatic heterocycles. The number of aryl methyl sites for hydroxylation is 1. The van der Waals surface area contributed by atoms with Crippen molar-refractivity contribution in [1.82, 2.24) is 34.8 Å². The van der Waals surface area contributed by atoms with E-state index >= 15 is 17.6 Å². The molecule has 0 radical (unpaired) electrons. The number of aromatic amines is 1. The maximum Gasteiger partial charge on any atom is 0.269 e. The molecule has 9 rings (SSSR count). The van der Waals surface area contributed by atoms with E-state index in [4.69, 9.17) is 0 Å². The number of hydrogen-bond donors (Lipinski definition) is 2. The second-order valence-electron chi connectivity index (χ2n) is 17.5. The van der Waals surface area contributed by atoms with Gasteiger partial charge in [-0.2, -0.15) is 5.10 Å². The number of H-pyrrole nitrogens is 1. The number of piperazine rings is 1. The van der Waals surface area contributed by atoms with Crippen molar-refractivity contribution < 1.29 is 36.7 Å². The van der Waals surface area contributed by atoms with Crippen LogP contribution in [0.2, 0.25) is 0 Å². The van der Waals surface area contributed by atoms with Gasteiger partial charge in [-0.25, -0.2) is 17.6 Å². The number of hydrogen-bond acceptors (Lipinski definition) is 8. The molecule has 4 aliphatic rings. The van der Waals surface area contributed by atoms with E-state index in [2.05, 4.69) is 25.2 Å². The Kier molecular flexibility index (Phi) is 12.2. The molecule has 2 N–H and O–H groups in total. The van der Waals surface area contributed by atoms with Gasteiger partial charge >= 0.3 is 0 Å². The predicted molar refractivity (Wildman–Crippen MR) is 238 cm³/mol. The first kappa shape index (κ1) is 43.7. The van der Waals surface area contributed by atoms with E-state index in [0.29, 0.717) is 51.3 Å². The van der Waals surface area contributed by atoms with Crippen molar-refractivity contribution >= 4 is 51.5 Å². The normalized spacial score (nSPS) is 18.9. The first-order chi connectivity index (χ1) is 31.3. The van der Waals surface area contributed by atoms with Crippen LogP contribution in [0.3, 0.4) is 0 Å². The average Bonchev–Trinajstić information content (AvgIpc) is 4.01. The van der Waals surface area contributed by atoms with Crippen molar-refractivity contribution in [2.75, 3.05) is 76.3 Å². The van der Waals surface area contributed by atoms with Crippen molar-refractivity contribution in [1.29, 1.82) is 0 Å². The number of nitrogens with one attached hydrogen (secondary N) is 2. The molecule has 0 saturated carbocycles. The van der Waals surface area contributed by atoms with Gasteiger partial charge in [-0.1, -0.05) is 12.1 Å². The van der Waals surface area contributed by atoms with Gasteiger partial charge in [-0.15, -0.1) is 0 Å². The summed E-state index contributed by atoms with van der Waals surface area (Å²) in [6, 6.07) is 12.2. The van der Waals surface area contributed by atoms with Gasteiger partial charge in [0, 0.05) is 138 Å². The van der Waals surface area contributed by atoms with E-state index in [1.54, 1.807) is 48.2 Å². The third-order valence-corrected chi connectivity index (χ3v) is 13.4. The molecule has 2 aromatic heterocycles. The standard InChI is InChI=1S/C48H51F4N9O4/c1-56(2)48(65)41-26-37-35(24-34(45(52)46(37)54-41)29-5-3-14-60(28-29)44(63)12-18-61-15-4-13-53-61)36-25-40(51)42(27-39(36)50)59-16-10-30(11-17-59)57-19-21-58(22-20-57)31-6-7-32(38(49)23-31)33-8-9-43(62)55-47(33)64/h4-7,13,15,23-27,30,33,54H,3,8-12,14,16-22,28H2,1-2H3,(H,55,62,64). The quantitative estimate of drug-likeness (QED) is 0.123. The summed E-state index contributed by atoms with van der Waals surface area (Å²) < 4.78 is 66.4. The molecule has 1 atom stereocenters. The summed E-state index contributed by atoms with van der Waals surface area (Å²) in [5.41, 5.74) is 2.00. The predicted octanol–water partition coefficient (Wildman–Crippen LogP) is 6.31. The number of carbonyl (C=O) groups excluding carboxylic acids is 4. The number of amides is 4. The fourth-order valence-electron chi connectivity index (χ4n) is 9.81. The molecule has 17 heteroatoms. The van der Waals surface area contributed by atoms with Crippen LogP contribution in [-0.2, 0) is 20.9 Å². The largest absolute Gasteiger partial charge is 0.369 e. The monoisotopic (exact) mass is 893 g/mol. The molecule has 6 heterocycles. The number of piperidine rings is 2. The van der Waals surface area contributed by atoms with E-state index in [1.165, 1.54) is 29.2 Å². The van der Waals surface area contributed by atoms with Crippen LogP contribution < -0.4 is 15.1 Å². The van der Waals surface area contributed by atoms with Crippen LogP contribution in [0, 0.1) is 23.3 Å². The molecule has 340 valence electrons. The maximum atomic E-state index is 16.6. The van der Waals surface area contributed by atoms with Gasteiger partial charge in [0.25, 0.3) is 5.91 Å². The van der Waals surface area contributed by atoms with Crippen LogP contribution in [0.15, 0.2) is 67.0 Å². The summed E-state index contributed by atoms with van der Waals surface area (Å²) in [7, 11) is 3.13. The van der Waals surface area contributed by atoms with Crippen LogP contribution in [0.4, 0.5) is 28.9 Å². The molecule has 0 spiro atoms. The van der Waals surface area contributed by atoms with Crippen molar-refractivity contribution in [2.45, 2.75) is 57.0 Å². The van der Waals surface area contributed by atoms with Crippen molar-refractivity contribution in [2.24, 2.45) is 0 Å². The van der Waals surface area contributed by atoms with Crippen molar-refractivity contribution in [3.63, 3.8) is 0 Å². The van der Waals surface area contributed by atoms with Gasteiger partial charge < -0.3 is 24.6 Å². The minimum absolute atomic E-state index is 0.0210.